The number of aliphatic hydroxyl groups excluding tert-OH is 1. The minimum atomic E-state index is -1.76. The molecular weight excluding hydrogens is 434 g/mol. The number of aliphatic hydroxyl groups is 1. The van der Waals surface area contributed by atoms with Crippen molar-refractivity contribution in [2.45, 2.75) is 12.5 Å². The zero-order chi connectivity index (χ0) is 24.2. The third-order valence-electron chi connectivity index (χ3n) is 6.55. The van der Waals surface area contributed by atoms with Crippen molar-refractivity contribution in [3.8, 4) is 0 Å². The van der Waals surface area contributed by atoms with Crippen molar-refractivity contribution >= 4 is 34.3 Å². The number of fused-ring (bicyclic) bond motifs is 3. The molecule has 0 radical (unpaired) electrons. The van der Waals surface area contributed by atoms with Crippen LogP contribution in [0.3, 0.4) is 0 Å². The predicted octanol–water partition coefficient (Wildman–Crippen LogP) is 3.09. The number of ketones is 1. The van der Waals surface area contributed by atoms with Crippen molar-refractivity contribution in [2.75, 3.05) is 38.6 Å². The van der Waals surface area contributed by atoms with E-state index in [0.29, 0.717) is 35.3 Å². The normalized spacial score (nSPS) is 19.9. The summed E-state index contributed by atoms with van der Waals surface area (Å²) in [6, 6.07) is 15.8. The maximum absolute atomic E-state index is 14.1. The van der Waals surface area contributed by atoms with Gasteiger partial charge in [0.05, 0.1) is 11.3 Å². The SMILES string of the molecule is CCN1C(=O)C2(C(C(=O)c3cc4ccccc4o3)=C(O)C(=O)N2CCN(C)C)c2ccccc21. The molecule has 1 atom stereocenters. The minimum absolute atomic E-state index is 0.0374. The summed E-state index contributed by atoms with van der Waals surface area (Å²) in [5, 5.41) is 11.8. The lowest BCUT2D eigenvalue weighted by atomic mass is 9.81. The van der Waals surface area contributed by atoms with Crippen LogP contribution in [0.5, 0.6) is 0 Å². The van der Waals surface area contributed by atoms with Crippen LogP contribution < -0.4 is 4.90 Å². The Morgan fingerprint density at radius 3 is 2.50 bits per heavy atom. The molecule has 0 saturated carbocycles. The molecule has 0 aliphatic carbocycles. The summed E-state index contributed by atoms with van der Waals surface area (Å²) < 4.78 is 5.78. The molecule has 0 bridgehead atoms. The molecule has 8 nitrogen and oxygen atoms in total. The summed E-state index contributed by atoms with van der Waals surface area (Å²) in [6.07, 6.45) is 0. The van der Waals surface area contributed by atoms with Crippen molar-refractivity contribution in [1.29, 1.82) is 0 Å². The maximum Gasteiger partial charge on any atom is 0.290 e. The van der Waals surface area contributed by atoms with Gasteiger partial charge in [-0.2, -0.15) is 0 Å². The Morgan fingerprint density at radius 2 is 1.79 bits per heavy atom. The van der Waals surface area contributed by atoms with E-state index in [9.17, 15) is 19.5 Å². The van der Waals surface area contributed by atoms with E-state index in [-0.39, 0.29) is 17.9 Å². The van der Waals surface area contributed by atoms with Gasteiger partial charge in [0.1, 0.15) is 5.58 Å². The molecule has 2 aromatic carbocycles. The Bertz CT molecular complexity index is 1340. The Balaban J connectivity index is 1.75. The fourth-order valence-corrected chi connectivity index (χ4v) is 5.00. The van der Waals surface area contributed by atoms with Crippen LogP contribution in [0.1, 0.15) is 23.0 Å². The third kappa shape index (κ3) is 2.85. The number of furan rings is 1. The van der Waals surface area contributed by atoms with Crippen LogP contribution in [-0.2, 0) is 15.1 Å². The zero-order valence-electron chi connectivity index (χ0n) is 19.2. The Labute approximate surface area is 196 Å². The molecule has 174 valence electrons. The molecular formula is C26H25N3O5. The van der Waals surface area contributed by atoms with Crippen LogP contribution in [0.25, 0.3) is 11.0 Å². The van der Waals surface area contributed by atoms with Crippen molar-refractivity contribution in [1.82, 2.24) is 9.80 Å². The van der Waals surface area contributed by atoms with Gasteiger partial charge in [-0.3, -0.25) is 14.4 Å². The highest BCUT2D eigenvalue weighted by Gasteiger charge is 2.65. The van der Waals surface area contributed by atoms with E-state index >= 15 is 0 Å². The molecule has 2 aliphatic rings. The number of benzene rings is 2. The van der Waals surface area contributed by atoms with Crippen LogP contribution in [0.4, 0.5) is 5.69 Å². The van der Waals surface area contributed by atoms with Crippen LogP contribution in [0.15, 0.2) is 70.3 Å². The quantitative estimate of drug-likeness (QED) is 0.570. The van der Waals surface area contributed by atoms with Gasteiger partial charge in [0, 0.05) is 30.6 Å². The van der Waals surface area contributed by atoms with Crippen molar-refractivity contribution < 1.29 is 23.9 Å². The fraction of sp³-hybridized carbons (Fsp3) is 0.269. The minimum Gasteiger partial charge on any atom is -0.503 e. The Morgan fingerprint density at radius 1 is 1.09 bits per heavy atom. The molecule has 1 unspecified atom stereocenters. The first-order chi connectivity index (χ1) is 16.3. The number of anilines is 1. The van der Waals surface area contributed by atoms with Gasteiger partial charge < -0.3 is 24.2 Å². The number of amides is 2. The Hall–Kier alpha value is -3.91. The predicted molar refractivity (Wildman–Crippen MR) is 127 cm³/mol. The first-order valence-electron chi connectivity index (χ1n) is 11.2. The monoisotopic (exact) mass is 459 g/mol. The van der Waals surface area contributed by atoms with E-state index in [0.717, 1.165) is 0 Å². The highest BCUT2D eigenvalue weighted by atomic mass is 16.3. The van der Waals surface area contributed by atoms with E-state index in [1.165, 1.54) is 4.90 Å². The fourth-order valence-electron chi connectivity index (χ4n) is 5.00. The molecule has 2 aliphatic heterocycles. The van der Waals surface area contributed by atoms with Gasteiger partial charge in [0.15, 0.2) is 17.1 Å². The second-order valence-corrected chi connectivity index (χ2v) is 8.74. The maximum atomic E-state index is 14.1. The van der Waals surface area contributed by atoms with Gasteiger partial charge in [0.25, 0.3) is 11.8 Å². The highest BCUT2D eigenvalue weighted by molar-refractivity contribution is 6.26. The van der Waals surface area contributed by atoms with E-state index < -0.39 is 28.9 Å². The standard InChI is InChI=1S/C26H25N3O5/c1-4-28-18-11-7-6-10-17(18)26(25(28)33)21(23(31)24(32)29(26)14-13-27(2)3)22(30)20-15-16-9-5-8-12-19(16)34-20/h5-12,15,31H,4,13-14H2,1-3H3. The molecule has 1 spiro atoms. The molecule has 2 amide bonds. The van der Waals surface area contributed by atoms with Crippen LogP contribution in [0, 0.1) is 0 Å². The summed E-state index contributed by atoms with van der Waals surface area (Å²) in [5.74, 6) is -2.63. The molecule has 8 heteroatoms. The summed E-state index contributed by atoms with van der Waals surface area (Å²) in [4.78, 5) is 46.1. The number of carbonyl (C=O) groups is 3. The average Bonchev–Trinajstić information content (AvgIpc) is 3.43. The van der Waals surface area contributed by atoms with Crippen LogP contribution >= 0.6 is 0 Å². The van der Waals surface area contributed by atoms with Gasteiger partial charge >= 0.3 is 0 Å². The van der Waals surface area contributed by atoms with Gasteiger partial charge in [-0.25, -0.2) is 0 Å². The Kier molecular flexibility index (Phi) is 5.06. The first kappa shape index (κ1) is 21.9. The number of likely N-dealkylation sites (N-methyl/N-ethyl adjacent to an activating group) is 2. The number of para-hydroxylation sites is 2. The van der Waals surface area contributed by atoms with Crippen molar-refractivity contribution in [3.63, 3.8) is 0 Å². The molecule has 1 N–H and O–H groups in total. The van der Waals surface area contributed by atoms with Crippen LogP contribution in [0.2, 0.25) is 0 Å². The lowest BCUT2D eigenvalue weighted by Gasteiger charge is -2.36. The largest absolute Gasteiger partial charge is 0.503 e. The van der Waals surface area contributed by atoms with Crippen LogP contribution in [-0.4, -0.2) is 66.2 Å². The molecule has 5 rings (SSSR count). The molecule has 3 aromatic rings. The van der Waals surface area contributed by atoms with Gasteiger partial charge in [0.2, 0.25) is 5.78 Å². The molecule has 34 heavy (non-hydrogen) atoms. The molecule has 0 saturated heterocycles. The van der Waals surface area contributed by atoms with Gasteiger partial charge in [-0.05, 0) is 39.2 Å². The number of nitrogens with zero attached hydrogens (tertiary/aromatic N) is 3. The lowest BCUT2D eigenvalue weighted by Crippen LogP contribution is -2.55. The summed E-state index contributed by atoms with van der Waals surface area (Å²) in [6.45, 7) is 2.76. The number of rotatable bonds is 6. The van der Waals surface area contributed by atoms with Gasteiger partial charge in [-0.15, -0.1) is 0 Å². The smallest absolute Gasteiger partial charge is 0.290 e. The van der Waals surface area contributed by atoms with Crippen molar-refractivity contribution in [2.24, 2.45) is 0 Å². The van der Waals surface area contributed by atoms with Gasteiger partial charge in [-0.1, -0.05) is 36.4 Å². The topological polar surface area (TPSA) is 94.3 Å². The summed E-state index contributed by atoms with van der Waals surface area (Å²) in [5.41, 5.74) is -0.412. The number of hydrogen-bond acceptors (Lipinski definition) is 6. The van der Waals surface area contributed by atoms with Crippen molar-refractivity contribution in [3.05, 3.63) is 77.3 Å². The second kappa shape index (κ2) is 7.85. The van der Waals surface area contributed by atoms with E-state index in [1.54, 1.807) is 53.4 Å². The third-order valence-corrected chi connectivity index (χ3v) is 6.55. The van der Waals surface area contributed by atoms with E-state index in [1.807, 2.05) is 32.0 Å². The first-order valence-corrected chi connectivity index (χ1v) is 11.2. The van der Waals surface area contributed by atoms with E-state index in [2.05, 4.69) is 0 Å². The van der Waals surface area contributed by atoms with E-state index in [4.69, 9.17) is 4.42 Å². The average molecular weight is 460 g/mol. The molecule has 1 aromatic heterocycles. The lowest BCUT2D eigenvalue weighted by molar-refractivity contribution is -0.139. The number of hydrogen-bond donors (Lipinski definition) is 1. The molecule has 0 fully saturated rings. The summed E-state index contributed by atoms with van der Waals surface area (Å²) >= 11 is 0. The zero-order valence-corrected chi connectivity index (χ0v) is 19.2. The number of Topliss-reactive ketones (excluding diaryl/α,β-unsaturated/α-hetero) is 1. The molecule has 3 heterocycles. The number of carbonyl (C=O) groups excluding carboxylic acids is 3. The summed E-state index contributed by atoms with van der Waals surface area (Å²) in [7, 11) is 3.70. The second-order valence-electron chi connectivity index (χ2n) is 8.74. The highest BCUT2D eigenvalue weighted by Crippen LogP contribution is 2.53.